The third-order valence-electron chi connectivity index (χ3n) is 9.04. The van der Waals surface area contributed by atoms with Crippen LogP contribution in [0.2, 0.25) is 0 Å². The summed E-state index contributed by atoms with van der Waals surface area (Å²) in [5, 5.41) is 11.6. The van der Waals surface area contributed by atoms with Gasteiger partial charge in [-0.1, -0.05) is 84.9 Å². The van der Waals surface area contributed by atoms with Gasteiger partial charge < -0.3 is 10.2 Å². The highest BCUT2D eigenvalue weighted by molar-refractivity contribution is 7.27. The lowest BCUT2D eigenvalue weighted by atomic mass is 10.1. The summed E-state index contributed by atoms with van der Waals surface area (Å²) in [4.78, 5) is 2.42. The largest absolute Gasteiger partial charge is 0.354 e. The Labute approximate surface area is 283 Å². The number of anilines is 5. The summed E-state index contributed by atoms with van der Waals surface area (Å²) in [7, 11) is 0. The predicted octanol–water partition coefficient (Wildman–Crippen LogP) is 14.0. The number of fused-ring (bicyclic) bond motifs is 9. The van der Waals surface area contributed by atoms with Crippen LogP contribution in [0, 0.1) is 0 Å². The van der Waals surface area contributed by atoms with Crippen molar-refractivity contribution in [1.29, 1.82) is 0 Å². The molecule has 0 aliphatic carbocycles. The Morgan fingerprint density at radius 3 is 1.83 bits per heavy atom. The zero-order valence-corrected chi connectivity index (χ0v) is 27.6. The molecule has 0 aliphatic rings. The summed E-state index contributed by atoms with van der Waals surface area (Å²) >= 11 is 5.59. The fraction of sp³-hybridized carbons (Fsp3) is 0. The third-order valence-corrected chi connectivity index (χ3v) is 12.6. The van der Waals surface area contributed by atoms with Crippen LogP contribution in [0.15, 0.2) is 152 Å². The molecule has 0 amide bonds. The molecule has 0 saturated heterocycles. The van der Waals surface area contributed by atoms with Gasteiger partial charge in [0.2, 0.25) is 0 Å². The second kappa shape index (κ2) is 10.7. The molecule has 10 rings (SSSR count). The standard InChI is InChI=1S/C42H26N2S3/c1-2-10-27(11-3-1)44(36-17-9-15-33-30-13-5-7-19-38(30)47-42(33)36)28-21-22-31-34-24-26(20-23-39(34)45-40(31)25-28)43-35-16-8-14-32-29-12-4-6-18-37(29)46-41(32)35/h1-25,43H. The Balaban J connectivity index is 1.09. The van der Waals surface area contributed by atoms with E-state index in [1.165, 1.54) is 66.2 Å². The lowest BCUT2D eigenvalue weighted by Crippen LogP contribution is -2.09. The van der Waals surface area contributed by atoms with Crippen LogP contribution in [0.3, 0.4) is 0 Å². The van der Waals surface area contributed by atoms with Gasteiger partial charge in [0.15, 0.2) is 0 Å². The average molecular weight is 655 g/mol. The van der Waals surface area contributed by atoms with Crippen LogP contribution in [0.5, 0.6) is 0 Å². The van der Waals surface area contributed by atoms with Crippen molar-refractivity contribution in [3.63, 3.8) is 0 Å². The monoisotopic (exact) mass is 654 g/mol. The molecule has 222 valence electrons. The van der Waals surface area contributed by atoms with E-state index in [0.717, 1.165) is 22.7 Å². The second-order valence-corrected chi connectivity index (χ2v) is 15.0. The van der Waals surface area contributed by atoms with Gasteiger partial charge in [-0.3, -0.25) is 0 Å². The highest BCUT2D eigenvalue weighted by atomic mass is 32.1. The Hall–Kier alpha value is -5.20. The number of hydrogen-bond donors (Lipinski definition) is 1. The second-order valence-electron chi connectivity index (χ2n) is 11.8. The first-order chi connectivity index (χ1) is 23.3. The number of nitrogens with one attached hydrogen (secondary N) is 1. The Bertz CT molecular complexity index is 2790. The van der Waals surface area contributed by atoms with Crippen LogP contribution in [-0.4, -0.2) is 0 Å². The van der Waals surface area contributed by atoms with E-state index in [2.05, 4.69) is 162 Å². The van der Waals surface area contributed by atoms with Crippen molar-refractivity contribution in [1.82, 2.24) is 0 Å². The maximum absolute atomic E-state index is 3.76. The van der Waals surface area contributed by atoms with Crippen LogP contribution < -0.4 is 10.2 Å². The van der Waals surface area contributed by atoms with E-state index in [9.17, 15) is 0 Å². The van der Waals surface area contributed by atoms with Gasteiger partial charge in [0.05, 0.1) is 20.8 Å². The molecule has 0 aliphatic heterocycles. The first-order valence-electron chi connectivity index (χ1n) is 15.7. The molecule has 10 aromatic rings. The van der Waals surface area contributed by atoms with Gasteiger partial charge in [-0.25, -0.2) is 0 Å². The first kappa shape index (κ1) is 27.0. The highest BCUT2D eigenvalue weighted by Gasteiger charge is 2.19. The molecule has 3 aromatic heterocycles. The first-order valence-corrected chi connectivity index (χ1v) is 18.1. The van der Waals surface area contributed by atoms with Crippen molar-refractivity contribution >= 4 is 123 Å². The molecular formula is C42H26N2S3. The van der Waals surface area contributed by atoms with E-state index in [1.54, 1.807) is 0 Å². The van der Waals surface area contributed by atoms with Gasteiger partial charge in [0.25, 0.3) is 0 Å². The van der Waals surface area contributed by atoms with Crippen LogP contribution in [0.25, 0.3) is 60.5 Å². The zero-order valence-electron chi connectivity index (χ0n) is 25.1. The highest BCUT2D eigenvalue weighted by Crippen LogP contribution is 2.46. The third kappa shape index (κ3) is 4.35. The molecule has 1 N–H and O–H groups in total. The topological polar surface area (TPSA) is 15.3 Å². The van der Waals surface area contributed by atoms with E-state index in [-0.39, 0.29) is 0 Å². The van der Waals surface area contributed by atoms with Crippen molar-refractivity contribution in [2.75, 3.05) is 10.2 Å². The summed E-state index contributed by atoms with van der Waals surface area (Å²) in [5.41, 5.74) is 5.78. The molecule has 5 heteroatoms. The van der Waals surface area contributed by atoms with E-state index in [4.69, 9.17) is 0 Å². The molecule has 0 saturated carbocycles. The minimum atomic E-state index is 1.11. The molecule has 0 spiro atoms. The lowest BCUT2D eigenvalue weighted by Gasteiger charge is -2.26. The fourth-order valence-corrected chi connectivity index (χ4v) is 10.4. The van der Waals surface area contributed by atoms with E-state index >= 15 is 0 Å². The van der Waals surface area contributed by atoms with Crippen LogP contribution in [0.4, 0.5) is 28.4 Å². The van der Waals surface area contributed by atoms with Crippen molar-refractivity contribution in [3.05, 3.63) is 152 Å². The number of benzene rings is 7. The number of nitrogens with zero attached hydrogens (tertiary/aromatic N) is 1. The average Bonchev–Trinajstić information content (AvgIpc) is 3.81. The van der Waals surface area contributed by atoms with Gasteiger partial charge in [-0.15, -0.1) is 34.0 Å². The number of para-hydroxylation sites is 1. The molecule has 0 unspecified atom stereocenters. The minimum absolute atomic E-state index is 1.11. The number of hydrogen-bond acceptors (Lipinski definition) is 5. The van der Waals surface area contributed by atoms with Gasteiger partial charge in [-0.05, 0) is 66.7 Å². The van der Waals surface area contributed by atoms with E-state index in [1.807, 2.05) is 34.0 Å². The SMILES string of the molecule is c1ccc(N(c2ccc3c(c2)sc2ccc(Nc4cccc5c4sc4ccccc45)cc23)c2cccc3c2sc2ccccc23)cc1. The van der Waals surface area contributed by atoms with Crippen LogP contribution >= 0.6 is 34.0 Å². The summed E-state index contributed by atoms with van der Waals surface area (Å²) in [5.74, 6) is 0. The van der Waals surface area contributed by atoms with Gasteiger partial charge in [0.1, 0.15) is 0 Å². The predicted molar refractivity (Wildman–Crippen MR) is 210 cm³/mol. The quantitative estimate of drug-likeness (QED) is 0.199. The summed E-state index contributed by atoms with van der Waals surface area (Å²) < 4.78 is 7.81. The molecule has 0 bridgehead atoms. The van der Waals surface area contributed by atoms with E-state index < -0.39 is 0 Å². The molecule has 3 heterocycles. The maximum atomic E-state index is 3.76. The van der Waals surface area contributed by atoms with E-state index in [0.29, 0.717) is 0 Å². The summed E-state index contributed by atoms with van der Waals surface area (Å²) in [6, 6.07) is 55.2. The molecule has 7 aromatic carbocycles. The number of rotatable bonds is 5. The Morgan fingerprint density at radius 1 is 0.383 bits per heavy atom. The zero-order chi connectivity index (χ0) is 30.9. The molecule has 0 radical (unpaired) electrons. The Kier molecular flexibility index (Phi) is 6.13. The van der Waals surface area contributed by atoms with Crippen LogP contribution in [0.1, 0.15) is 0 Å². The minimum Gasteiger partial charge on any atom is -0.354 e. The molecule has 2 nitrogen and oxygen atoms in total. The fourth-order valence-electron chi connectivity index (χ4n) is 6.90. The van der Waals surface area contributed by atoms with Crippen molar-refractivity contribution in [2.24, 2.45) is 0 Å². The van der Waals surface area contributed by atoms with Crippen molar-refractivity contribution in [3.8, 4) is 0 Å². The normalized spacial score (nSPS) is 11.8. The lowest BCUT2D eigenvalue weighted by molar-refractivity contribution is 1.31. The molecule has 0 atom stereocenters. The summed E-state index contributed by atoms with van der Waals surface area (Å²) in [6.45, 7) is 0. The molecule has 47 heavy (non-hydrogen) atoms. The van der Waals surface area contributed by atoms with Crippen molar-refractivity contribution < 1.29 is 0 Å². The van der Waals surface area contributed by atoms with Gasteiger partial charge in [-0.2, -0.15) is 0 Å². The molecule has 0 fully saturated rings. The smallest absolute Gasteiger partial charge is 0.0640 e. The van der Waals surface area contributed by atoms with Gasteiger partial charge >= 0.3 is 0 Å². The van der Waals surface area contributed by atoms with Crippen LogP contribution in [-0.2, 0) is 0 Å². The number of thiophene rings is 3. The Morgan fingerprint density at radius 2 is 1.02 bits per heavy atom. The van der Waals surface area contributed by atoms with Crippen molar-refractivity contribution in [2.45, 2.75) is 0 Å². The maximum Gasteiger partial charge on any atom is 0.0640 e. The van der Waals surface area contributed by atoms with Gasteiger partial charge in [0, 0.05) is 68.2 Å². The molecular weight excluding hydrogens is 629 g/mol. The summed E-state index contributed by atoms with van der Waals surface area (Å²) in [6.07, 6.45) is 0.